The molecule has 0 saturated carbocycles. The normalized spacial score (nSPS) is 11.2. The highest BCUT2D eigenvalue weighted by atomic mass is 127. The van der Waals surface area contributed by atoms with Crippen molar-refractivity contribution in [3.05, 3.63) is 51.1 Å². The van der Waals surface area contributed by atoms with Gasteiger partial charge in [0.25, 0.3) is 5.91 Å². The molecule has 0 aliphatic heterocycles. The first-order chi connectivity index (χ1) is 11.7. The van der Waals surface area contributed by atoms with Crippen LogP contribution in [-0.4, -0.2) is 23.2 Å². The minimum atomic E-state index is -0.581. The van der Waals surface area contributed by atoms with Gasteiger partial charge in [0.15, 0.2) is 0 Å². The van der Waals surface area contributed by atoms with Crippen molar-refractivity contribution in [1.82, 2.24) is 0 Å². The summed E-state index contributed by atoms with van der Waals surface area (Å²) in [6.07, 6.45) is 0.468. The first-order valence-corrected chi connectivity index (χ1v) is 9.07. The zero-order chi connectivity index (χ0) is 18.6. The summed E-state index contributed by atoms with van der Waals surface area (Å²) < 4.78 is 7.20. The van der Waals surface area contributed by atoms with Crippen LogP contribution in [0.1, 0.15) is 36.2 Å². The van der Waals surface area contributed by atoms with Crippen molar-refractivity contribution >= 4 is 39.9 Å². The van der Waals surface area contributed by atoms with Gasteiger partial charge < -0.3 is 20.9 Å². The average molecular weight is 454 g/mol. The molecule has 0 atom stereocenters. The van der Waals surface area contributed by atoms with Gasteiger partial charge in [-0.15, -0.1) is 0 Å². The van der Waals surface area contributed by atoms with E-state index in [-0.39, 0.29) is 6.61 Å². The third kappa shape index (κ3) is 5.09. The van der Waals surface area contributed by atoms with Crippen LogP contribution in [0.4, 0.5) is 11.4 Å². The Kier molecular flexibility index (Phi) is 6.29. The lowest BCUT2D eigenvalue weighted by Crippen LogP contribution is -2.30. The smallest absolute Gasteiger partial charge is 0.250 e. The number of halogens is 1. The van der Waals surface area contributed by atoms with Gasteiger partial charge in [0, 0.05) is 22.3 Å². The number of carbonyl (C=O) groups excluding carboxylic acids is 1. The number of para-hydroxylation sites is 1. The number of hydrogen-bond acceptors (Lipinski definition) is 4. The molecular weight excluding hydrogens is 431 g/mol. The molecule has 2 aromatic carbocycles. The number of nitrogens with one attached hydrogen (secondary N) is 1. The summed E-state index contributed by atoms with van der Waals surface area (Å²) in [7, 11) is 0. The number of anilines is 2. The molecule has 6 heteroatoms. The van der Waals surface area contributed by atoms with E-state index in [4.69, 9.17) is 10.5 Å². The van der Waals surface area contributed by atoms with E-state index in [1.54, 1.807) is 18.2 Å². The topological polar surface area (TPSA) is 84.6 Å². The molecule has 0 bridgehead atoms. The molecule has 0 aromatic heterocycles. The van der Waals surface area contributed by atoms with Gasteiger partial charge in [-0.2, -0.15) is 0 Å². The van der Waals surface area contributed by atoms with Crippen molar-refractivity contribution < 1.29 is 14.6 Å². The highest BCUT2D eigenvalue weighted by Gasteiger charge is 2.23. The second-order valence-electron chi connectivity index (χ2n) is 6.46. The average Bonchev–Trinajstić information content (AvgIpc) is 2.50. The van der Waals surface area contributed by atoms with E-state index >= 15 is 0 Å². The number of carbonyl (C=O) groups is 1. The molecule has 0 aliphatic carbocycles. The highest BCUT2D eigenvalue weighted by Crippen LogP contribution is 2.35. The van der Waals surface area contributed by atoms with Crippen LogP contribution in [0.25, 0.3) is 0 Å². The Morgan fingerprint density at radius 1 is 1.32 bits per heavy atom. The van der Waals surface area contributed by atoms with Crippen molar-refractivity contribution in [3.8, 4) is 5.75 Å². The van der Waals surface area contributed by atoms with Crippen molar-refractivity contribution in [2.45, 2.75) is 32.8 Å². The number of aliphatic hydroxyl groups is 1. The molecule has 0 aliphatic rings. The zero-order valence-corrected chi connectivity index (χ0v) is 16.8. The number of benzene rings is 2. The van der Waals surface area contributed by atoms with Gasteiger partial charge in [-0.05, 0) is 79.3 Å². The van der Waals surface area contributed by atoms with E-state index in [0.717, 1.165) is 14.8 Å². The molecule has 25 heavy (non-hydrogen) atoms. The minimum Gasteiger partial charge on any atom is -0.486 e. The lowest BCUT2D eigenvalue weighted by molar-refractivity contribution is 0.0769. The first kappa shape index (κ1) is 19.5. The number of primary amides is 1. The Morgan fingerprint density at radius 3 is 2.64 bits per heavy atom. The van der Waals surface area contributed by atoms with Crippen LogP contribution in [0.3, 0.4) is 0 Å². The summed E-state index contributed by atoms with van der Waals surface area (Å²) >= 11 is 2.25. The van der Waals surface area contributed by atoms with Gasteiger partial charge in [-0.1, -0.05) is 6.07 Å². The number of nitrogens with two attached hydrogens (primary N) is 1. The molecule has 1 amide bonds. The van der Waals surface area contributed by atoms with Gasteiger partial charge in [-0.3, -0.25) is 4.79 Å². The minimum absolute atomic E-state index is 0.0154. The van der Waals surface area contributed by atoms with Gasteiger partial charge in [0.1, 0.15) is 11.4 Å². The van der Waals surface area contributed by atoms with Crippen molar-refractivity contribution in [2.24, 2.45) is 5.73 Å². The zero-order valence-electron chi connectivity index (χ0n) is 14.6. The largest absolute Gasteiger partial charge is 0.486 e. The number of rotatable bonds is 7. The molecule has 0 unspecified atom stereocenters. The van der Waals surface area contributed by atoms with Crippen LogP contribution in [0.15, 0.2) is 36.4 Å². The maximum absolute atomic E-state index is 11.9. The predicted molar refractivity (Wildman–Crippen MR) is 109 cm³/mol. The summed E-state index contributed by atoms with van der Waals surface area (Å²) in [6, 6.07) is 11.2. The van der Waals surface area contributed by atoms with Crippen molar-refractivity contribution in [3.63, 3.8) is 0 Å². The quantitative estimate of drug-likeness (QED) is 0.553. The first-order valence-electron chi connectivity index (χ1n) is 7.99. The summed E-state index contributed by atoms with van der Waals surface area (Å²) in [5.74, 6) is -0.0104. The number of ether oxygens (including phenoxy) is 1. The fraction of sp³-hybridized carbons (Fsp3) is 0.316. The van der Waals surface area contributed by atoms with Gasteiger partial charge in [-0.25, -0.2) is 0 Å². The monoisotopic (exact) mass is 454 g/mol. The van der Waals surface area contributed by atoms with Crippen LogP contribution in [0.2, 0.25) is 0 Å². The third-order valence-corrected chi connectivity index (χ3v) is 4.51. The van der Waals surface area contributed by atoms with Gasteiger partial charge >= 0.3 is 0 Å². The number of amides is 1. The lowest BCUT2D eigenvalue weighted by Gasteiger charge is -2.28. The molecule has 0 spiro atoms. The number of aliphatic hydroxyl groups excluding tert-OH is 1. The Morgan fingerprint density at radius 2 is 2.04 bits per heavy atom. The Bertz CT molecular complexity index is 775. The maximum Gasteiger partial charge on any atom is 0.250 e. The Balaban J connectivity index is 2.47. The van der Waals surface area contributed by atoms with Crippen LogP contribution >= 0.6 is 22.6 Å². The molecule has 2 rings (SSSR count). The van der Waals surface area contributed by atoms with Crippen LogP contribution in [0, 0.1) is 10.5 Å². The van der Waals surface area contributed by atoms with Crippen molar-refractivity contribution in [2.75, 3.05) is 11.9 Å². The molecule has 2 aromatic rings. The Labute approximate surface area is 161 Å². The molecule has 0 heterocycles. The SMILES string of the molecule is Cc1cc(I)ccc1Nc1c(OC(C)(C)CCO)cccc1C(N)=O. The van der Waals surface area contributed by atoms with Gasteiger partial charge in [0.2, 0.25) is 0 Å². The standard InChI is InChI=1S/C19H23IN2O3/c1-12-11-13(20)7-8-15(12)22-17-14(18(21)24)5-4-6-16(17)25-19(2,3)9-10-23/h4-8,11,22-23H,9-10H2,1-3H3,(H2,21,24). The predicted octanol–water partition coefficient (Wildman–Crippen LogP) is 3.98. The van der Waals surface area contributed by atoms with Crippen LogP contribution in [0.5, 0.6) is 5.75 Å². The van der Waals surface area contributed by atoms with E-state index in [1.807, 2.05) is 39.0 Å². The molecule has 0 saturated heterocycles. The number of hydrogen-bond donors (Lipinski definition) is 3. The molecular formula is C19H23IN2O3. The number of aryl methyl sites for hydroxylation is 1. The van der Waals surface area contributed by atoms with E-state index in [0.29, 0.717) is 23.4 Å². The van der Waals surface area contributed by atoms with E-state index in [2.05, 4.69) is 27.9 Å². The summed E-state index contributed by atoms with van der Waals surface area (Å²) in [5, 5.41) is 12.5. The van der Waals surface area contributed by atoms with Crippen LogP contribution in [-0.2, 0) is 0 Å². The van der Waals surface area contributed by atoms with E-state index in [1.165, 1.54) is 0 Å². The summed E-state index contributed by atoms with van der Waals surface area (Å²) in [5.41, 5.74) is 7.78. The van der Waals surface area contributed by atoms with E-state index < -0.39 is 11.5 Å². The molecule has 0 radical (unpaired) electrons. The van der Waals surface area contributed by atoms with Crippen molar-refractivity contribution in [1.29, 1.82) is 0 Å². The molecule has 4 N–H and O–H groups in total. The van der Waals surface area contributed by atoms with Gasteiger partial charge in [0.05, 0.1) is 11.3 Å². The molecule has 134 valence electrons. The summed E-state index contributed by atoms with van der Waals surface area (Å²) in [4.78, 5) is 11.9. The molecule has 5 nitrogen and oxygen atoms in total. The fourth-order valence-electron chi connectivity index (χ4n) is 2.47. The fourth-order valence-corrected chi connectivity index (χ4v) is 3.12. The second kappa shape index (κ2) is 8.05. The maximum atomic E-state index is 11.9. The molecule has 0 fully saturated rings. The third-order valence-electron chi connectivity index (χ3n) is 3.84. The highest BCUT2D eigenvalue weighted by molar-refractivity contribution is 14.1. The second-order valence-corrected chi connectivity index (χ2v) is 7.71. The Hall–Kier alpha value is -1.80. The van der Waals surface area contributed by atoms with Crippen LogP contribution < -0.4 is 15.8 Å². The lowest BCUT2D eigenvalue weighted by atomic mass is 10.0. The van der Waals surface area contributed by atoms with E-state index in [9.17, 15) is 9.90 Å². The summed E-state index contributed by atoms with van der Waals surface area (Å²) in [6.45, 7) is 5.79.